The molecule has 0 amide bonds. The van der Waals surface area contributed by atoms with Crippen molar-refractivity contribution >= 4 is 0 Å². The molecule has 0 aromatic heterocycles. The maximum atomic E-state index is 8.76. The first kappa shape index (κ1) is 31.5. The van der Waals surface area contributed by atoms with Gasteiger partial charge in [-0.15, -0.1) is 0 Å². The van der Waals surface area contributed by atoms with Gasteiger partial charge < -0.3 is 37.6 Å². The highest BCUT2D eigenvalue weighted by Gasteiger charge is 2.19. The lowest BCUT2D eigenvalue weighted by Crippen LogP contribution is -3.00. The highest BCUT2D eigenvalue weighted by molar-refractivity contribution is 4.50. The maximum absolute atomic E-state index is 8.76. The predicted octanol–water partition coefficient (Wildman–Crippen LogP) is 2.01. The van der Waals surface area contributed by atoms with Crippen LogP contribution < -0.4 is 22.3 Å². The molecule has 0 aliphatic heterocycles. The molecule has 5 heteroatoms. The van der Waals surface area contributed by atoms with Gasteiger partial charge in [-0.1, -0.05) is 122 Å². The molecule has 0 heterocycles. The zero-order valence-corrected chi connectivity index (χ0v) is 20.9. The summed E-state index contributed by atoms with van der Waals surface area (Å²) in [7, 11) is 0. The number of nitrogens with two attached hydrogens (primary N) is 1. The van der Waals surface area contributed by atoms with Gasteiger partial charge in [0.05, 0.1) is 6.54 Å². The maximum Gasteiger partial charge on any atom is 0.327 e. The third-order valence-electron chi connectivity index (χ3n) is 5.68. The highest BCUT2D eigenvalue weighted by Crippen LogP contribution is 2.14. The van der Waals surface area contributed by atoms with Gasteiger partial charge in [-0.2, -0.15) is 0 Å². The third-order valence-corrected chi connectivity index (χ3v) is 5.68. The zero-order chi connectivity index (χ0) is 20.8. The second kappa shape index (κ2) is 24.6. The molecule has 0 saturated heterocycles. The van der Waals surface area contributed by atoms with Gasteiger partial charge in [0.1, 0.15) is 0 Å². The normalized spacial score (nSPS) is 11.6. The molecule has 4 nitrogen and oxygen atoms in total. The van der Waals surface area contributed by atoms with E-state index in [9.17, 15) is 0 Å². The van der Waals surface area contributed by atoms with E-state index in [0.29, 0.717) is 0 Å². The summed E-state index contributed by atoms with van der Waals surface area (Å²) < 4.78 is 0. The van der Waals surface area contributed by atoms with E-state index in [2.05, 4.69) is 6.92 Å². The lowest BCUT2D eigenvalue weighted by atomic mass is 10.0. The number of hydrogen-bond donors (Lipinski definition) is 4. The molecule has 0 saturated carbocycles. The Morgan fingerprint density at radius 3 is 1.03 bits per heavy atom. The monoisotopic (exact) mass is 481 g/mol. The van der Waals surface area contributed by atoms with Gasteiger partial charge in [-0.05, 0) is 12.8 Å². The standard InChI is InChI=1S/C24H51NO3.BrH/c1-2-3-4-5-6-7-8-9-10-11-12-13-14-15-16-17-18-19-20-21-22-25-23-24(26,27)28;/h25-28H,2-23H2,1H3;1H. The molecule has 5 N–H and O–H groups in total. The SMILES string of the molecule is CCCCCCCCCCCCCCCCCCCCCC[NH2+]CC(O)(O)O.[Br-]. The molecule has 0 fully saturated rings. The van der Waals surface area contributed by atoms with Crippen molar-refractivity contribution in [2.75, 3.05) is 13.1 Å². The number of halogens is 1. The average Bonchev–Trinajstić information content (AvgIpc) is 2.65. The molecule has 0 aliphatic rings. The summed E-state index contributed by atoms with van der Waals surface area (Å²) in [6.45, 7) is 3.07. The summed E-state index contributed by atoms with van der Waals surface area (Å²) in [6.07, 6.45) is 27.7. The second-order valence-electron chi connectivity index (χ2n) is 8.77. The lowest BCUT2D eigenvalue weighted by Gasteiger charge is -2.11. The van der Waals surface area contributed by atoms with E-state index in [1.165, 1.54) is 122 Å². The molecule has 0 spiro atoms. The van der Waals surface area contributed by atoms with Crippen molar-refractivity contribution in [1.29, 1.82) is 0 Å². The number of quaternary nitrogens is 1. The van der Waals surface area contributed by atoms with E-state index >= 15 is 0 Å². The van der Waals surface area contributed by atoms with Crippen LogP contribution >= 0.6 is 0 Å². The molecule has 178 valence electrons. The number of aliphatic hydroxyl groups is 3. The van der Waals surface area contributed by atoms with Crippen molar-refractivity contribution in [3.8, 4) is 0 Å². The van der Waals surface area contributed by atoms with Gasteiger partial charge in [0, 0.05) is 0 Å². The zero-order valence-electron chi connectivity index (χ0n) is 19.4. The molecule has 0 atom stereocenters. The fraction of sp³-hybridized carbons (Fsp3) is 1.00. The van der Waals surface area contributed by atoms with E-state index in [1.807, 2.05) is 0 Å². The van der Waals surface area contributed by atoms with Crippen LogP contribution in [0, 0.1) is 0 Å². The van der Waals surface area contributed by atoms with E-state index in [1.54, 1.807) is 5.32 Å². The lowest BCUT2D eigenvalue weighted by molar-refractivity contribution is -0.688. The van der Waals surface area contributed by atoms with Crippen LogP contribution in [-0.2, 0) is 0 Å². The predicted molar refractivity (Wildman–Crippen MR) is 119 cm³/mol. The minimum absolute atomic E-state index is 0. The third kappa shape index (κ3) is 30.6. The molecule has 0 aromatic carbocycles. The molecule has 0 aromatic rings. The first-order valence-corrected chi connectivity index (χ1v) is 12.5. The van der Waals surface area contributed by atoms with Crippen LogP contribution in [0.4, 0.5) is 0 Å². The quantitative estimate of drug-likeness (QED) is 0.133. The number of unbranched alkanes of at least 4 members (excludes halogenated alkanes) is 19. The molecule has 0 unspecified atom stereocenters. The Labute approximate surface area is 192 Å². The largest absolute Gasteiger partial charge is 1.00 e. The first-order chi connectivity index (χ1) is 13.6. The van der Waals surface area contributed by atoms with E-state index in [-0.39, 0.29) is 23.5 Å². The Bertz CT molecular complexity index is 298. The number of rotatable bonds is 23. The van der Waals surface area contributed by atoms with Crippen LogP contribution in [0.15, 0.2) is 0 Å². The van der Waals surface area contributed by atoms with Crippen LogP contribution in [-0.4, -0.2) is 34.4 Å². The summed E-state index contributed by atoms with van der Waals surface area (Å²) in [5.41, 5.74) is 0. The van der Waals surface area contributed by atoms with Crippen LogP contribution in [0.25, 0.3) is 0 Å². The van der Waals surface area contributed by atoms with Crippen molar-refractivity contribution in [1.82, 2.24) is 0 Å². The van der Waals surface area contributed by atoms with E-state index in [0.717, 1.165) is 13.0 Å². The molecule has 0 radical (unpaired) electrons. The van der Waals surface area contributed by atoms with Gasteiger partial charge in [0.25, 0.3) is 0 Å². The van der Waals surface area contributed by atoms with Crippen molar-refractivity contribution < 1.29 is 37.6 Å². The highest BCUT2D eigenvalue weighted by atomic mass is 79.9. The summed E-state index contributed by atoms with van der Waals surface area (Å²) in [6, 6.07) is 0. The Balaban J connectivity index is 0. The van der Waals surface area contributed by atoms with Gasteiger partial charge in [0.2, 0.25) is 0 Å². The summed E-state index contributed by atoms with van der Waals surface area (Å²) in [4.78, 5) is 0. The topological polar surface area (TPSA) is 77.3 Å². The molecule has 0 rings (SSSR count). The van der Waals surface area contributed by atoms with Crippen LogP contribution in [0.3, 0.4) is 0 Å². The summed E-state index contributed by atoms with van der Waals surface area (Å²) in [5, 5.41) is 28.0. The van der Waals surface area contributed by atoms with E-state index < -0.39 is 5.97 Å². The minimum Gasteiger partial charge on any atom is -1.00 e. The fourth-order valence-corrected chi connectivity index (χ4v) is 3.84. The minimum atomic E-state index is -2.52. The van der Waals surface area contributed by atoms with Crippen molar-refractivity contribution in [2.24, 2.45) is 0 Å². The Morgan fingerprint density at radius 1 is 0.483 bits per heavy atom. The molecular weight excluding hydrogens is 430 g/mol. The van der Waals surface area contributed by atoms with Crippen molar-refractivity contribution in [2.45, 2.75) is 141 Å². The smallest absolute Gasteiger partial charge is 0.327 e. The first-order valence-electron chi connectivity index (χ1n) is 12.5. The molecule has 0 aliphatic carbocycles. The van der Waals surface area contributed by atoms with Crippen LogP contribution in [0.5, 0.6) is 0 Å². The van der Waals surface area contributed by atoms with Gasteiger partial charge in [-0.25, -0.2) is 0 Å². The van der Waals surface area contributed by atoms with Gasteiger partial charge in [0.15, 0.2) is 6.54 Å². The second-order valence-corrected chi connectivity index (χ2v) is 8.77. The van der Waals surface area contributed by atoms with E-state index in [4.69, 9.17) is 15.3 Å². The van der Waals surface area contributed by atoms with Gasteiger partial charge in [-0.3, -0.25) is 0 Å². The fourth-order valence-electron chi connectivity index (χ4n) is 3.84. The van der Waals surface area contributed by atoms with Crippen molar-refractivity contribution in [3.63, 3.8) is 0 Å². The van der Waals surface area contributed by atoms with Crippen molar-refractivity contribution in [3.05, 3.63) is 0 Å². The number of hydrogen-bond acceptors (Lipinski definition) is 3. The van der Waals surface area contributed by atoms with Crippen LogP contribution in [0.2, 0.25) is 0 Å². The summed E-state index contributed by atoms with van der Waals surface area (Å²) >= 11 is 0. The summed E-state index contributed by atoms with van der Waals surface area (Å²) in [5.74, 6) is -2.52. The molecule has 0 bridgehead atoms. The van der Waals surface area contributed by atoms with Gasteiger partial charge >= 0.3 is 5.97 Å². The Kier molecular flexibility index (Phi) is 26.7. The van der Waals surface area contributed by atoms with Crippen LogP contribution in [0.1, 0.15) is 135 Å². The molecular formula is C24H52BrNO3. The average molecular weight is 483 g/mol. The Hall–Kier alpha value is 0.320. The molecule has 29 heavy (non-hydrogen) atoms. The Morgan fingerprint density at radius 2 is 0.759 bits per heavy atom.